The van der Waals surface area contributed by atoms with Gasteiger partial charge in [0, 0.05) is 25.7 Å². The fourth-order valence-corrected chi connectivity index (χ4v) is 1.72. The minimum atomic E-state index is -0.424. The highest BCUT2D eigenvalue weighted by Crippen LogP contribution is 2.14. The molecule has 1 amide bonds. The second-order valence-electron chi connectivity index (χ2n) is 3.55. The number of carbonyl (C=O) groups excluding carboxylic acids is 1. The number of rotatable bonds is 1. The van der Waals surface area contributed by atoms with Gasteiger partial charge in [0.05, 0.1) is 18.8 Å². The second-order valence-corrected chi connectivity index (χ2v) is 3.55. The molecule has 0 bridgehead atoms. The van der Waals surface area contributed by atoms with Crippen LogP contribution in [0.3, 0.4) is 0 Å². The van der Waals surface area contributed by atoms with Crippen LogP contribution < -0.4 is 10.9 Å². The Bertz CT molecular complexity index is 424. The van der Waals surface area contributed by atoms with Crippen molar-refractivity contribution in [2.24, 2.45) is 0 Å². The molecule has 7 heteroatoms. The molecule has 1 aliphatic rings. The van der Waals surface area contributed by atoms with Crippen LogP contribution in [0.4, 0.5) is 4.79 Å². The van der Waals surface area contributed by atoms with Gasteiger partial charge in [-0.25, -0.2) is 14.7 Å². The molecule has 2 rings (SSSR count). The lowest BCUT2D eigenvalue weighted by Gasteiger charge is -2.31. The molecule has 1 aliphatic heterocycles. The van der Waals surface area contributed by atoms with Crippen LogP contribution in [0.15, 0.2) is 15.4 Å². The van der Waals surface area contributed by atoms with E-state index in [0.29, 0.717) is 25.3 Å². The van der Waals surface area contributed by atoms with Gasteiger partial charge in [-0.2, -0.15) is 0 Å². The number of amides is 1. The Balaban J connectivity index is 2.07. The highest BCUT2D eigenvalue weighted by Gasteiger charge is 2.26. The standard InChI is InChI=1S/C9H13N3O4/c1-15-9(14)12-3-2-10-7(5-12)6-4-8(13)16-11-6/h4,7,10-11H,2-3,5H2,1H3. The van der Waals surface area contributed by atoms with Crippen molar-refractivity contribution in [3.63, 3.8) is 0 Å². The molecule has 0 aromatic carbocycles. The van der Waals surface area contributed by atoms with Crippen LogP contribution in [0.2, 0.25) is 0 Å². The molecular weight excluding hydrogens is 214 g/mol. The van der Waals surface area contributed by atoms with Gasteiger partial charge in [-0.3, -0.25) is 0 Å². The summed E-state index contributed by atoms with van der Waals surface area (Å²) in [7, 11) is 1.35. The van der Waals surface area contributed by atoms with E-state index in [9.17, 15) is 9.59 Å². The first kappa shape index (κ1) is 10.7. The summed E-state index contributed by atoms with van der Waals surface area (Å²) in [4.78, 5) is 23.8. The van der Waals surface area contributed by atoms with E-state index < -0.39 is 5.63 Å². The zero-order valence-corrected chi connectivity index (χ0v) is 8.86. The second kappa shape index (κ2) is 4.40. The van der Waals surface area contributed by atoms with Crippen LogP contribution in [0, 0.1) is 0 Å². The highest BCUT2D eigenvalue weighted by molar-refractivity contribution is 5.67. The molecular formula is C9H13N3O4. The Hall–Kier alpha value is -1.76. The highest BCUT2D eigenvalue weighted by atomic mass is 16.5. The molecule has 0 radical (unpaired) electrons. The quantitative estimate of drug-likeness (QED) is 0.686. The topological polar surface area (TPSA) is 87.6 Å². The summed E-state index contributed by atoms with van der Waals surface area (Å²) in [5.41, 5.74) is 0.214. The smallest absolute Gasteiger partial charge is 0.409 e. The fraction of sp³-hybridized carbons (Fsp3) is 0.556. The lowest BCUT2D eigenvalue weighted by Crippen LogP contribution is -2.48. The van der Waals surface area contributed by atoms with Crippen molar-refractivity contribution in [1.82, 2.24) is 15.4 Å². The number of H-pyrrole nitrogens is 1. The third-order valence-corrected chi connectivity index (χ3v) is 2.53. The van der Waals surface area contributed by atoms with Crippen LogP contribution in [0.25, 0.3) is 0 Å². The van der Waals surface area contributed by atoms with Crippen molar-refractivity contribution < 1.29 is 14.1 Å². The van der Waals surface area contributed by atoms with E-state index >= 15 is 0 Å². The van der Waals surface area contributed by atoms with E-state index in [1.807, 2.05) is 0 Å². The molecule has 1 atom stereocenters. The van der Waals surface area contributed by atoms with Crippen LogP contribution in [-0.2, 0) is 4.74 Å². The summed E-state index contributed by atoms with van der Waals surface area (Å²) in [5, 5.41) is 5.70. The van der Waals surface area contributed by atoms with E-state index in [4.69, 9.17) is 0 Å². The van der Waals surface area contributed by atoms with Gasteiger partial charge in [0.1, 0.15) is 0 Å². The van der Waals surface area contributed by atoms with E-state index in [0.717, 1.165) is 0 Å². The number of nitrogens with one attached hydrogen (secondary N) is 2. The van der Waals surface area contributed by atoms with E-state index in [1.165, 1.54) is 13.2 Å². The molecule has 1 aromatic heterocycles. The lowest BCUT2D eigenvalue weighted by atomic mass is 10.1. The number of methoxy groups -OCH3 is 1. The third-order valence-electron chi connectivity index (χ3n) is 2.53. The van der Waals surface area contributed by atoms with Crippen molar-refractivity contribution in [1.29, 1.82) is 0 Å². The average molecular weight is 227 g/mol. The predicted octanol–water partition coefficient (Wildman–Crippen LogP) is -0.319. The minimum absolute atomic E-state index is 0.126. The number of ether oxygens (including phenoxy) is 1. The number of hydrogen-bond donors (Lipinski definition) is 2. The van der Waals surface area contributed by atoms with E-state index in [-0.39, 0.29) is 12.1 Å². The Morgan fingerprint density at radius 3 is 3.12 bits per heavy atom. The molecule has 88 valence electrons. The van der Waals surface area contributed by atoms with Crippen molar-refractivity contribution in [3.8, 4) is 0 Å². The molecule has 2 N–H and O–H groups in total. The van der Waals surface area contributed by atoms with Crippen molar-refractivity contribution >= 4 is 6.09 Å². The molecule has 1 saturated heterocycles. The lowest BCUT2D eigenvalue weighted by molar-refractivity contribution is 0.109. The first-order valence-electron chi connectivity index (χ1n) is 4.95. The third kappa shape index (κ3) is 2.08. The zero-order valence-electron chi connectivity index (χ0n) is 8.86. The number of nitrogens with zero attached hydrogens (tertiary/aromatic N) is 1. The zero-order chi connectivity index (χ0) is 11.5. The maximum Gasteiger partial charge on any atom is 0.409 e. The monoisotopic (exact) mass is 227 g/mol. The summed E-state index contributed by atoms with van der Waals surface area (Å²) in [5.74, 6) is 0. The molecule has 0 aliphatic carbocycles. The van der Waals surface area contributed by atoms with Gasteiger partial charge in [-0.15, -0.1) is 0 Å². The van der Waals surface area contributed by atoms with Crippen LogP contribution in [0.5, 0.6) is 0 Å². The van der Waals surface area contributed by atoms with Gasteiger partial charge < -0.3 is 19.5 Å². The molecule has 16 heavy (non-hydrogen) atoms. The van der Waals surface area contributed by atoms with Gasteiger partial charge >= 0.3 is 11.7 Å². The molecule has 1 aromatic rings. The van der Waals surface area contributed by atoms with Crippen LogP contribution >= 0.6 is 0 Å². The Kier molecular flexibility index (Phi) is 2.95. The normalized spacial score (nSPS) is 20.8. The Morgan fingerprint density at radius 2 is 2.50 bits per heavy atom. The predicted molar refractivity (Wildman–Crippen MR) is 54.1 cm³/mol. The maximum absolute atomic E-state index is 11.3. The van der Waals surface area contributed by atoms with Gasteiger partial charge in [0.15, 0.2) is 0 Å². The van der Waals surface area contributed by atoms with Crippen molar-refractivity contribution in [2.75, 3.05) is 26.7 Å². The van der Waals surface area contributed by atoms with Gasteiger partial charge in [0.2, 0.25) is 0 Å². The largest absolute Gasteiger partial charge is 0.453 e. The van der Waals surface area contributed by atoms with Gasteiger partial charge in [-0.05, 0) is 0 Å². The molecule has 0 saturated carbocycles. The Labute approximate surface area is 91.3 Å². The van der Waals surface area contributed by atoms with Crippen molar-refractivity contribution in [2.45, 2.75) is 6.04 Å². The number of carbonyl (C=O) groups is 1. The summed E-state index contributed by atoms with van der Waals surface area (Å²) in [6.45, 7) is 1.68. The van der Waals surface area contributed by atoms with E-state index in [2.05, 4.69) is 19.7 Å². The van der Waals surface area contributed by atoms with Crippen LogP contribution in [-0.4, -0.2) is 42.9 Å². The maximum atomic E-state index is 11.3. The number of hydrogen-bond acceptors (Lipinski definition) is 5. The molecule has 0 spiro atoms. The Morgan fingerprint density at radius 1 is 1.69 bits per heavy atom. The first-order chi connectivity index (χ1) is 7.70. The number of aromatic nitrogens is 1. The summed E-state index contributed by atoms with van der Waals surface area (Å²) in [6, 6.07) is 1.25. The van der Waals surface area contributed by atoms with Crippen molar-refractivity contribution in [3.05, 3.63) is 22.2 Å². The number of piperazine rings is 1. The average Bonchev–Trinajstić information content (AvgIpc) is 2.75. The van der Waals surface area contributed by atoms with E-state index in [1.54, 1.807) is 4.90 Å². The van der Waals surface area contributed by atoms with Crippen LogP contribution in [0.1, 0.15) is 11.7 Å². The fourth-order valence-electron chi connectivity index (χ4n) is 1.72. The minimum Gasteiger partial charge on any atom is -0.453 e. The molecule has 2 heterocycles. The SMILES string of the molecule is COC(=O)N1CCNC(c2cc(=O)o[nH]2)C1. The van der Waals surface area contributed by atoms with Gasteiger partial charge in [0.25, 0.3) is 0 Å². The molecule has 1 unspecified atom stereocenters. The molecule has 1 fully saturated rings. The molecule has 7 nitrogen and oxygen atoms in total. The summed E-state index contributed by atoms with van der Waals surface area (Å²) in [6.07, 6.45) is -0.364. The number of aromatic amines is 1. The summed E-state index contributed by atoms with van der Waals surface area (Å²) < 4.78 is 9.23. The first-order valence-corrected chi connectivity index (χ1v) is 4.95. The summed E-state index contributed by atoms with van der Waals surface area (Å²) >= 11 is 0. The van der Waals surface area contributed by atoms with Gasteiger partial charge in [-0.1, -0.05) is 0 Å².